The molecule has 7 heteroatoms. The van der Waals surface area contributed by atoms with Crippen LogP contribution in [0.25, 0.3) is 0 Å². The largest absolute Gasteiger partial charge is 0.395 e. The van der Waals surface area contributed by atoms with Gasteiger partial charge in [-0.15, -0.1) is 0 Å². The lowest BCUT2D eigenvalue weighted by Crippen LogP contribution is -2.56. The molecule has 0 radical (unpaired) electrons. The Bertz CT molecular complexity index is 405. The van der Waals surface area contributed by atoms with Crippen molar-refractivity contribution in [1.82, 2.24) is 10.2 Å². The maximum absolute atomic E-state index is 12.3. The van der Waals surface area contributed by atoms with Gasteiger partial charge in [0.15, 0.2) is 9.84 Å². The van der Waals surface area contributed by atoms with Crippen LogP contribution in [0.1, 0.15) is 20.3 Å². The summed E-state index contributed by atoms with van der Waals surface area (Å²) in [6.45, 7) is 3.48. The molecule has 0 saturated carbocycles. The van der Waals surface area contributed by atoms with Crippen LogP contribution in [0.4, 0.5) is 0 Å². The van der Waals surface area contributed by atoms with Crippen molar-refractivity contribution in [1.29, 1.82) is 0 Å². The molecule has 1 amide bonds. The number of carbonyl (C=O) groups excluding carboxylic acids is 1. The summed E-state index contributed by atoms with van der Waals surface area (Å²) in [4.78, 5) is 13.8. The first-order chi connectivity index (χ1) is 8.23. The van der Waals surface area contributed by atoms with Crippen LogP contribution in [-0.2, 0) is 14.6 Å². The molecule has 1 unspecified atom stereocenters. The number of hydrogen-bond donors (Lipinski definition) is 2. The number of aliphatic hydroxyl groups is 1. The highest BCUT2D eigenvalue weighted by molar-refractivity contribution is 7.91. The highest BCUT2D eigenvalue weighted by Gasteiger charge is 2.38. The van der Waals surface area contributed by atoms with E-state index in [4.69, 9.17) is 5.11 Å². The standard InChI is InChI=1S/C11H22N2O4S/c1-11(2,12-3)10(15)13(5-6-14)9-4-7-18(16,17)8-9/h9,12,14H,4-8H2,1-3H3. The number of amides is 1. The molecular formula is C11H22N2O4S. The lowest BCUT2D eigenvalue weighted by molar-refractivity contribution is -0.139. The van der Waals surface area contributed by atoms with Gasteiger partial charge in [-0.2, -0.15) is 0 Å². The molecule has 0 bridgehead atoms. The summed E-state index contributed by atoms with van der Waals surface area (Å²) in [7, 11) is -1.36. The fourth-order valence-corrected chi connectivity index (χ4v) is 3.78. The van der Waals surface area contributed by atoms with Crippen molar-refractivity contribution < 1.29 is 18.3 Å². The summed E-state index contributed by atoms with van der Waals surface area (Å²) < 4.78 is 23.0. The molecule has 0 aromatic carbocycles. The molecule has 1 heterocycles. The van der Waals surface area contributed by atoms with Crippen LogP contribution in [0, 0.1) is 0 Å². The third-order valence-electron chi connectivity index (χ3n) is 3.41. The molecule has 0 spiro atoms. The molecule has 106 valence electrons. The van der Waals surface area contributed by atoms with E-state index in [1.165, 1.54) is 4.90 Å². The second kappa shape index (κ2) is 5.54. The molecule has 18 heavy (non-hydrogen) atoms. The van der Waals surface area contributed by atoms with Crippen molar-refractivity contribution in [3.63, 3.8) is 0 Å². The van der Waals surface area contributed by atoms with E-state index in [1.54, 1.807) is 20.9 Å². The van der Waals surface area contributed by atoms with Gasteiger partial charge in [-0.05, 0) is 27.3 Å². The SMILES string of the molecule is CNC(C)(C)C(=O)N(CCO)C1CCS(=O)(=O)C1. The molecule has 1 aliphatic heterocycles. The minimum absolute atomic E-state index is 0.00145. The van der Waals surface area contributed by atoms with Crippen LogP contribution in [0.2, 0.25) is 0 Å². The highest BCUT2D eigenvalue weighted by atomic mass is 32.2. The Morgan fingerprint density at radius 1 is 1.50 bits per heavy atom. The number of hydrogen-bond acceptors (Lipinski definition) is 5. The van der Waals surface area contributed by atoms with Gasteiger partial charge < -0.3 is 15.3 Å². The minimum Gasteiger partial charge on any atom is -0.395 e. The molecule has 1 rings (SSSR count). The average Bonchev–Trinajstić information content (AvgIpc) is 2.65. The van der Waals surface area contributed by atoms with Crippen molar-refractivity contribution >= 4 is 15.7 Å². The normalized spacial score (nSPS) is 23.0. The zero-order valence-corrected chi connectivity index (χ0v) is 12.0. The molecule has 0 aliphatic carbocycles. The van der Waals surface area contributed by atoms with Crippen LogP contribution in [-0.4, -0.2) is 67.6 Å². The third kappa shape index (κ3) is 3.43. The first kappa shape index (κ1) is 15.4. The van der Waals surface area contributed by atoms with Crippen LogP contribution < -0.4 is 5.32 Å². The Morgan fingerprint density at radius 3 is 2.50 bits per heavy atom. The van der Waals surface area contributed by atoms with Crippen LogP contribution in [0.3, 0.4) is 0 Å². The number of nitrogens with one attached hydrogen (secondary N) is 1. The van der Waals surface area contributed by atoms with E-state index in [2.05, 4.69) is 5.32 Å². The van der Waals surface area contributed by atoms with Gasteiger partial charge in [-0.25, -0.2) is 8.42 Å². The Labute approximate surface area is 108 Å². The van der Waals surface area contributed by atoms with Crippen molar-refractivity contribution in [2.45, 2.75) is 31.8 Å². The van der Waals surface area contributed by atoms with Crippen molar-refractivity contribution in [2.24, 2.45) is 0 Å². The number of carbonyl (C=O) groups is 1. The zero-order valence-electron chi connectivity index (χ0n) is 11.1. The predicted molar refractivity (Wildman–Crippen MR) is 69.0 cm³/mol. The van der Waals surface area contributed by atoms with Crippen LogP contribution in [0.5, 0.6) is 0 Å². The highest BCUT2D eigenvalue weighted by Crippen LogP contribution is 2.20. The molecule has 1 saturated heterocycles. The number of aliphatic hydroxyl groups excluding tert-OH is 1. The third-order valence-corrected chi connectivity index (χ3v) is 5.16. The maximum Gasteiger partial charge on any atom is 0.242 e. The van der Waals surface area contributed by atoms with Gasteiger partial charge >= 0.3 is 0 Å². The number of sulfone groups is 1. The topological polar surface area (TPSA) is 86.7 Å². The average molecular weight is 278 g/mol. The molecule has 1 aliphatic rings. The van der Waals surface area contributed by atoms with Crippen molar-refractivity contribution in [2.75, 3.05) is 31.7 Å². The first-order valence-electron chi connectivity index (χ1n) is 6.05. The Morgan fingerprint density at radius 2 is 2.11 bits per heavy atom. The maximum atomic E-state index is 12.3. The van der Waals surface area contributed by atoms with E-state index in [-0.39, 0.29) is 36.6 Å². The second-order valence-electron chi connectivity index (χ2n) is 5.15. The fourth-order valence-electron chi connectivity index (χ4n) is 2.04. The minimum atomic E-state index is -3.04. The predicted octanol–water partition coefficient (Wildman–Crippen LogP) is -1.01. The summed E-state index contributed by atoms with van der Waals surface area (Å²) in [5, 5.41) is 12.0. The Hall–Kier alpha value is -0.660. The van der Waals surface area contributed by atoms with E-state index < -0.39 is 15.4 Å². The summed E-state index contributed by atoms with van der Waals surface area (Å²) in [5.74, 6) is -0.0630. The molecule has 1 atom stereocenters. The van der Waals surface area contributed by atoms with E-state index in [1.807, 2.05) is 0 Å². The monoisotopic (exact) mass is 278 g/mol. The molecule has 6 nitrogen and oxygen atoms in total. The quantitative estimate of drug-likeness (QED) is 0.673. The van der Waals surface area contributed by atoms with E-state index >= 15 is 0 Å². The van der Waals surface area contributed by atoms with Gasteiger partial charge in [0.2, 0.25) is 5.91 Å². The molecular weight excluding hydrogens is 256 g/mol. The number of likely N-dealkylation sites (N-methyl/N-ethyl adjacent to an activating group) is 1. The summed E-state index contributed by atoms with van der Waals surface area (Å²) in [6.07, 6.45) is 0.452. The zero-order chi connectivity index (χ0) is 14.0. The lowest BCUT2D eigenvalue weighted by Gasteiger charge is -2.35. The van der Waals surface area contributed by atoms with Gasteiger partial charge in [-0.3, -0.25) is 4.79 Å². The second-order valence-corrected chi connectivity index (χ2v) is 7.38. The molecule has 0 aromatic heterocycles. The van der Waals surface area contributed by atoms with Crippen LogP contribution in [0.15, 0.2) is 0 Å². The molecule has 1 fully saturated rings. The molecule has 0 aromatic rings. The summed E-state index contributed by atoms with van der Waals surface area (Å²) in [6, 6.07) is -0.317. The van der Waals surface area contributed by atoms with Crippen molar-refractivity contribution in [3.05, 3.63) is 0 Å². The number of rotatable bonds is 5. The van der Waals surface area contributed by atoms with E-state index in [9.17, 15) is 13.2 Å². The summed E-state index contributed by atoms with van der Waals surface area (Å²) in [5.41, 5.74) is -0.762. The Balaban J connectivity index is 2.87. The fraction of sp³-hybridized carbons (Fsp3) is 0.909. The van der Waals surface area contributed by atoms with Gasteiger partial charge in [-0.1, -0.05) is 0 Å². The lowest BCUT2D eigenvalue weighted by atomic mass is 10.0. The Kier molecular flexibility index (Phi) is 4.74. The van der Waals surface area contributed by atoms with Gasteiger partial charge in [0.05, 0.1) is 23.7 Å². The van der Waals surface area contributed by atoms with Gasteiger partial charge in [0.1, 0.15) is 0 Å². The van der Waals surface area contributed by atoms with E-state index in [0.717, 1.165) is 0 Å². The summed E-state index contributed by atoms with van der Waals surface area (Å²) >= 11 is 0. The van der Waals surface area contributed by atoms with E-state index in [0.29, 0.717) is 6.42 Å². The van der Waals surface area contributed by atoms with Crippen LogP contribution >= 0.6 is 0 Å². The smallest absolute Gasteiger partial charge is 0.242 e. The molecule has 2 N–H and O–H groups in total. The van der Waals surface area contributed by atoms with Crippen molar-refractivity contribution in [3.8, 4) is 0 Å². The first-order valence-corrected chi connectivity index (χ1v) is 7.87. The number of nitrogens with zero attached hydrogens (tertiary/aromatic N) is 1. The van der Waals surface area contributed by atoms with Gasteiger partial charge in [0.25, 0.3) is 0 Å². The van der Waals surface area contributed by atoms with Gasteiger partial charge in [0, 0.05) is 12.6 Å².